The lowest BCUT2D eigenvalue weighted by Gasteiger charge is -2.35. The summed E-state index contributed by atoms with van der Waals surface area (Å²) in [7, 11) is 0. The first kappa shape index (κ1) is 20.9. The van der Waals surface area contributed by atoms with Crippen LogP contribution >= 0.6 is 0 Å². The highest BCUT2D eigenvalue weighted by molar-refractivity contribution is 6.02. The van der Waals surface area contributed by atoms with E-state index in [1.165, 1.54) is 6.26 Å². The minimum atomic E-state index is -0.367. The van der Waals surface area contributed by atoms with Crippen molar-refractivity contribution in [2.45, 2.75) is 18.9 Å². The Labute approximate surface area is 179 Å². The van der Waals surface area contributed by atoms with Crippen LogP contribution in [0.15, 0.2) is 47.1 Å². The molecule has 1 aromatic carbocycles. The Bertz CT molecular complexity index is 915. The van der Waals surface area contributed by atoms with Gasteiger partial charge in [0.05, 0.1) is 6.26 Å². The van der Waals surface area contributed by atoms with E-state index in [4.69, 9.17) is 13.9 Å². The van der Waals surface area contributed by atoms with Gasteiger partial charge in [-0.3, -0.25) is 14.4 Å². The largest absolute Gasteiger partial charge is 0.484 e. The van der Waals surface area contributed by atoms with Crippen LogP contribution in [0, 0.1) is 0 Å². The summed E-state index contributed by atoms with van der Waals surface area (Å²) in [6.07, 6.45) is 2.79. The summed E-state index contributed by atoms with van der Waals surface area (Å²) in [5.41, 5.74) is 0.535. The normalized spacial score (nSPS) is 18.6. The third kappa shape index (κ3) is 5.24. The zero-order valence-electron chi connectivity index (χ0n) is 17.1. The minimum absolute atomic E-state index is 0.0225. The number of ether oxygens (including phenoxy) is 2. The molecule has 1 aromatic heterocycles. The van der Waals surface area contributed by atoms with Crippen LogP contribution in [0.4, 0.5) is 5.69 Å². The number of carbonyl (C=O) groups is 3. The summed E-state index contributed by atoms with van der Waals surface area (Å²) in [6.45, 7) is 2.46. The molecule has 0 aliphatic carbocycles. The molecule has 0 spiro atoms. The van der Waals surface area contributed by atoms with Gasteiger partial charge in [-0.05, 0) is 37.1 Å². The molecule has 9 heteroatoms. The Balaban J connectivity index is 1.23. The van der Waals surface area contributed by atoms with Gasteiger partial charge in [-0.2, -0.15) is 0 Å². The molecule has 2 aliphatic rings. The Hall–Kier alpha value is -3.33. The van der Waals surface area contributed by atoms with Gasteiger partial charge in [0.2, 0.25) is 0 Å². The summed E-state index contributed by atoms with van der Waals surface area (Å²) < 4.78 is 16.2. The van der Waals surface area contributed by atoms with E-state index in [0.717, 1.165) is 12.8 Å². The first-order valence-electron chi connectivity index (χ1n) is 10.4. The molecule has 2 fully saturated rings. The third-order valence-electron chi connectivity index (χ3n) is 5.35. The highest BCUT2D eigenvalue weighted by Crippen LogP contribution is 2.19. The molecule has 164 valence electrons. The van der Waals surface area contributed by atoms with Crippen molar-refractivity contribution in [1.82, 2.24) is 9.80 Å². The van der Waals surface area contributed by atoms with Crippen molar-refractivity contribution in [1.29, 1.82) is 0 Å². The molecule has 0 saturated carbocycles. The van der Waals surface area contributed by atoms with E-state index in [0.29, 0.717) is 44.2 Å². The van der Waals surface area contributed by atoms with E-state index in [-0.39, 0.29) is 36.2 Å². The molecule has 3 amide bonds. The van der Waals surface area contributed by atoms with E-state index in [1.807, 2.05) is 0 Å². The molecule has 31 heavy (non-hydrogen) atoms. The SMILES string of the molecule is O=C(Nc1cccc(OCC(=O)N2CCN(C(=O)C3CCCO3)CC2)c1)c1ccco1. The summed E-state index contributed by atoms with van der Waals surface area (Å²) in [5.74, 6) is 0.188. The summed E-state index contributed by atoms with van der Waals surface area (Å²) in [6, 6.07) is 10.0. The number of furan rings is 1. The summed E-state index contributed by atoms with van der Waals surface area (Å²) in [4.78, 5) is 40.5. The molecule has 3 heterocycles. The molecule has 2 aromatic rings. The molecular weight excluding hydrogens is 402 g/mol. The van der Waals surface area contributed by atoms with Gasteiger partial charge in [0, 0.05) is 44.5 Å². The average molecular weight is 427 g/mol. The predicted octanol–water partition coefficient (Wildman–Crippen LogP) is 1.76. The zero-order chi connectivity index (χ0) is 21.6. The molecular formula is C22H25N3O6. The smallest absolute Gasteiger partial charge is 0.291 e. The predicted molar refractivity (Wildman–Crippen MR) is 111 cm³/mol. The Morgan fingerprint density at radius 1 is 1.06 bits per heavy atom. The van der Waals surface area contributed by atoms with Crippen LogP contribution in [-0.4, -0.2) is 73.0 Å². The Morgan fingerprint density at radius 2 is 1.87 bits per heavy atom. The highest BCUT2D eigenvalue weighted by Gasteiger charge is 2.31. The molecule has 2 saturated heterocycles. The third-order valence-corrected chi connectivity index (χ3v) is 5.35. The lowest BCUT2D eigenvalue weighted by molar-refractivity contribution is -0.146. The zero-order valence-corrected chi connectivity index (χ0v) is 17.1. The number of hydrogen-bond donors (Lipinski definition) is 1. The molecule has 0 radical (unpaired) electrons. The van der Waals surface area contributed by atoms with Gasteiger partial charge in [-0.25, -0.2) is 0 Å². The lowest BCUT2D eigenvalue weighted by atomic mass is 10.2. The van der Waals surface area contributed by atoms with Crippen LogP contribution in [0.1, 0.15) is 23.4 Å². The van der Waals surface area contributed by atoms with Crippen molar-refractivity contribution >= 4 is 23.4 Å². The van der Waals surface area contributed by atoms with Gasteiger partial charge in [-0.15, -0.1) is 0 Å². The van der Waals surface area contributed by atoms with Crippen molar-refractivity contribution < 1.29 is 28.3 Å². The van der Waals surface area contributed by atoms with Crippen LogP contribution in [-0.2, 0) is 14.3 Å². The number of hydrogen-bond acceptors (Lipinski definition) is 6. The first-order chi connectivity index (χ1) is 15.1. The second-order valence-electron chi connectivity index (χ2n) is 7.46. The van der Waals surface area contributed by atoms with E-state index >= 15 is 0 Å². The number of carbonyl (C=O) groups excluding carboxylic acids is 3. The minimum Gasteiger partial charge on any atom is -0.484 e. The quantitative estimate of drug-likeness (QED) is 0.754. The van der Waals surface area contributed by atoms with Crippen molar-refractivity contribution in [3.63, 3.8) is 0 Å². The fraction of sp³-hybridized carbons (Fsp3) is 0.409. The number of nitrogens with one attached hydrogen (secondary N) is 1. The molecule has 1 atom stereocenters. The number of benzene rings is 1. The van der Waals surface area contributed by atoms with Crippen LogP contribution in [0.3, 0.4) is 0 Å². The topological polar surface area (TPSA) is 101 Å². The molecule has 1 unspecified atom stereocenters. The molecule has 4 rings (SSSR count). The van der Waals surface area contributed by atoms with Gasteiger partial charge < -0.3 is 29.0 Å². The second-order valence-corrected chi connectivity index (χ2v) is 7.46. The van der Waals surface area contributed by atoms with E-state index in [2.05, 4.69) is 5.32 Å². The maximum Gasteiger partial charge on any atom is 0.291 e. The first-order valence-corrected chi connectivity index (χ1v) is 10.4. The van der Waals surface area contributed by atoms with Crippen molar-refractivity contribution in [2.24, 2.45) is 0 Å². The maximum atomic E-state index is 12.5. The number of piperazine rings is 1. The summed E-state index contributed by atoms with van der Waals surface area (Å²) in [5, 5.41) is 2.72. The molecule has 9 nitrogen and oxygen atoms in total. The van der Waals surface area contributed by atoms with Gasteiger partial charge >= 0.3 is 0 Å². The van der Waals surface area contributed by atoms with Crippen molar-refractivity contribution in [2.75, 3.05) is 44.7 Å². The monoisotopic (exact) mass is 427 g/mol. The molecule has 0 bridgehead atoms. The Morgan fingerprint density at radius 3 is 2.58 bits per heavy atom. The molecule has 1 N–H and O–H groups in total. The van der Waals surface area contributed by atoms with E-state index < -0.39 is 0 Å². The van der Waals surface area contributed by atoms with Crippen LogP contribution < -0.4 is 10.1 Å². The van der Waals surface area contributed by atoms with Gasteiger partial charge in [0.1, 0.15) is 11.9 Å². The van der Waals surface area contributed by atoms with Crippen LogP contribution in [0.5, 0.6) is 5.75 Å². The fourth-order valence-electron chi connectivity index (χ4n) is 3.65. The molecule has 2 aliphatic heterocycles. The van der Waals surface area contributed by atoms with E-state index in [1.54, 1.807) is 46.2 Å². The second kappa shape index (κ2) is 9.65. The van der Waals surface area contributed by atoms with Gasteiger partial charge in [0.25, 0.3) is 17.7 Å². The number of amides is 3. The van der Waals surface area contributed by atoms with E-state index in [9.17, 15) is 14.4 Å². The standard InChI is InChI=1S/C22H25N3O6/c26-20(24-8-10-25(11-9-24)22(28)19-7-3-13-30-19)15-31-17-5-1-4-16(14-17)23-21(27)18-6-2-12-29-18/h1-2,4-6,12,14,19H,3,7-11,13,15H2,(H,23,27). The number of anilines is 1. The average Bonchev–Trinajstić information content (AvgIpc) is 3.52. The Kier molecular flexibility index (Phi) is 6.51. The van der Waals surface area contributed by atoms with Crippen LogP contribution in [0.2, 0.25) is 0 Å². The maximum absolute atomic E-state index is 12.5. The summed E-state index contributed by atoms with van der Waals surface area (Å²) >= 11 is 0. The lowest BCUT2D eigenvalue weighted by Crippen LogP contribution is -2.53. The van der Waals surface area contributed by atoms with Gasteiger partial charge in [0.15, 0.2) is 12.4 Å². The van der Waals surface area contributed by atoms with Crippen molar-refractivity contribution in [3.05, 3.63) is 48.4 Å². The van der Waals surface area contributed by atoms with Crippen LogP contribution in [0.25, 0.3) is 0 Å². The number of nitrogens with zero attached hydrogens (tertiary/aromatic N) is 2. The highest BCUT2D eigenvalue weighted by atomic mass is 16.5. The fourth-order valence-corrected chi connectivity index (χ4v) is 3.65. The van der Waals surface area contributed by atoms with Gasteiger partial charge in [-0.1, -0.05) is 6.07 Å². The number of rotatable bonds is 6. The van der Waals surface area contributed by atoms with Crippen molar-refractivity contribution in [3.8, 4) is 5.75 Å².